The molecule has 0 aromatic heterocycles. The number of likely N-dealkylation sites (N-methyl/N-ethyl adjacent to an activating group) is 1. The molecule has 0 atom stereocenters. The Morgan fingerprint density at radius 1 is 0.844 bits per heavy atom. The molecule has 0 saturated carbocycles. The third-order valence-corrected chi connectivity index (χ3v) is 6.49. The van der Waals surface area contributed by atoms with Crippen molar-refractivity contribution in [2.75, 3.05) is 49.1 Å². The van der Waals surface area contributed by atoms with Gasteiger partial charge in [-0.05, 0) is 24.3 Å². The Hall–Kier alpha value is -3.18. The molecule has 0 fully saturated rings. The van der Waals surface area contributed by atoms with Crippen LogP contribution in [0.3, 0.4) is 0 Å². The van der Waals surface area contributed by atoms with Crippen molar-refractivity contribution in [3.8, 4) is 28.7 Å². The Balaban J connectivity index is 2.12. The van der Waals surface area contributed by atoms with Crippen molar-refractivity contribution in [1.82, 2.24) is 9.62 Å². The van der Waals surface area contributed by atoms with E-state index in [1.54, 1.807) is 12.1 Å². The Morgan fingerprint density at radius 3 is 2.00 bits per heavy atom. The van der Waals surface area contributed by atoms with E-state index in [0.29, 0.717) is 28.6 Å². The number of sulfonamides is 1. The van der Waals surface area contributed by atoms with Gasteiger partial charge in [0.1, 0.15) is 0 Å². The van der Waals surface area contributed by atoms with Gasteiger partial charge in [0, 0.05) is 25.2 Å². The summed E-state index contributed by atoms with van der Waals surface area (Å²) in [6.45, 7) is -0.279. The monoisotopic (exact) mass is 468 g/mol. The molecule has 11 heteroatoms. The van der Waals surface area contributed by atoms with Gasteiger partial charge in [0.2, 0.25) is 21.7 Å². The molecule has 2 aromatic rings. The van der Waals surface area contributed by atoms with E-state index in [1.165, 1.54) is 60.8 Å². The van der Waals surface area contributed by atoms with Gasteiger partial charge in [-0.15, -0.1) is 0 Å². The van der Waals surface area contributed by atoms with E-state index < -0.39 is 15.9 Å². The standard InChI is InChI=1S/C21H28N2O8S/c1-23(32(25,26)15-8-10-16(27-2)18(11-15)29-4)13-19(24)22-12-14-7-9-17(28-3)21(31-6)20(14)30-5/h7-11H,12-13H2,1-6H3,(H,22,24). The van der Waals surface area contributed by atoms with Gasteiger partial charge < -0.3 is 29.0 Å². The van der Waals surface area contributed by atoms with Gasteiger partial charge in [0.15, 0.2) is 23.0 Å². The minimum Gasteiger partial charge on any atom is -0.493 e. The maximum absolute atomic E-state index is 12.9. The summed E-state index contributed by atoms with van der Waals surface area (Å²) in [6, 6.07) is 7.64. The van der Waals surface area contributed by atoms with Crippen LogP contribution in [0.1, 0.15) is 5.56 Å². The minimum absolute atomic E-state index is 0.0213. The van der Waals surface area contributed by atoms with Crippen LogP contribution in [0.25, 0.3) is 0 Å². The van der Waals surface area contributed by atoms with Crippen molar-refractivity contribution < 1.29 is 36.9 Å². The molecule has 1 amide bonds. The topological polar surface area (TPSA) is 113 Å². The first-order valence-corrected chi connectivity index (χ1v) is 10.9. The third-order valence-electron chi connectivity index (χ3n) is 4.69. The van der Waals surface area contributed by atoms with E-state index >= 15 is 0 Å². The summed E-state index contributed by atoms with van der Waals surface area (Å²) in [7, 11) is 4.72. The van der Waals surface area contributed by atoms with Crippen LogP contribution in [-0.2, 0) is 21.4 Å². The fourth-order valence-corrected chi connectivity index (χ4v) is 4.14. The molecule has 0 spiro atoms. The van der Waals surface area contributed by atoms with Gasteiger partial charge >= 0.3 is 0 Å². The predicted molar refractivity (Wildman–Crippen MR) is 117 cm³/mol. The lowest BCUT2D eigenvalue weighted by Crippen LogP contribution is -2.38. The average Bonchev–Trinajstić information content (AvgIpc) is 2.81. The van der Waals surface area contributed by atoms with Gasteiger partial charge in [-0.25, -0.2) is 8.42 Å². The second-order valence-corrected chi connectivity index (χ2v) is 8.59. The second kappa shape index (κ2) is 10.9. The minimum atomic E-state index is -3.93. The van der Waals surface area contributed by atoms with E-state index in [9.17, 15) is 13.2 Å². The smallest absolute Gasteiger partial charge is 0.243 e. The van der Waals surface area contributed by atoms with Crippen LogP contribution < -0.4 is 29.0 Å². The highest BCUT2D eigenvalue weighted by molar-refractivity contribution is 7.89. The number of nitrogens with zero attached hydrogens (tertiary/aromatic N) is 1. The van der Waals surface area contributed by atoms with Crippen LogP contribution in [0.15, 0.2) is 35.2 Å². The highest BCUT2D eigenvalue weighted by Crippen LogP contribution is 2.39. The number of hydrogen-bond donors (Lipinski definition) is 1. The molecule has 176 valence electrons. The fraction of sp³-hybridized carbons (Fsp3) is 0.381. The van der Waals surface area contributed by atoms with Crippen molar-refractivity contribution in [3.63, 3.8) is 0 Å². The fourth-order valence-electron chi connectivity index (χ4n) is 3.00. The van der Waals surface area contributed by atoms with Crippen molar-refractivity contribution in [2.45, 2.75) is 11.4 Å². The summed E-state index contributed by atoms with van der Waals surface area (Å²) in [5.74, 6) is 1.48. The van der Waals surface area contributed by atoms with Gasteiger partial charge in [-0.1, -0.05) is 0 Å². The molecule has 0 aliphatic rings. The molecule has 1 N–H and O–H groups in total. The molecule has 0 radical (unpaired) electrons. The van der Waals surface area contributed by atoms with Crippen molar-refractivity contribution in [1.29, 1.82) is 0 Å². The van der Waals surface area contributed by atoms with Crippen LogP contribution in [0, 0.1) is 0 Å². The molecule has 32 heavy (non-hydrogen) atoms. The van der Waals surface area contributed by atoms with Gasteiger partial charge in [0.05, 0.1) is 47.0 Å². The Morgan fingerprint density at radius 2 is 1.44 bits per heavy atom. The van der Waals surface area contributed by atoms with Gasteiger partial charge in [-0.2, -0.15) is 4.31 Å². The molecule has 10 nitrogen and oxygen atoms in total. The Labute approximate surface area is 188 Å². The number of nitrogens with one attached hydrogen (secondary N) is 1. The number of carbonyl (C=O) groups is 1. The zero-order valence-corrected chi connectivity index (χ0v) is 19.7. The van der Waals surface area contributed by atoms with E-state index in [-0.39, 0.29) is 23.7 Å². The summed E-state index contributed by atoms with van der Waals surface area (Å²) in [6.07, 6.45) is 0. The molecule has 0 aliphatic heterocycles. The molecule has 0 aliphatic carbocycles. The summed E-state index contributed by atoms with van der Waals surface area (Å²) in [5.41, 5.74) is 0.643. The predicted octanol–water partition coefficient (Wildman–Crippen LogP) is 1.67. The number of hydrogen-bond acceptors (Lipinski definition) is 8. The molecule has 0 unspecified atom stereocenters. The largest absolute Gasteiger partial charge is 0.493 e. The first-order valence-electron chi connectivity index (χ1n) is 9.46. The molecular weight excluding hydrogens is 440 g/mol. The first-order chi connectivity index (χ1) is 15.2. The summed E-state index contributed by atoms with van der Waals surface area (Å²) < 4.78 is 52.9. The SMILES string of the molecule is COc1ccc(S(=O)(=O)N(C)CC(=O)NCc2ccc(OC)c(OC)c2OC)cc1OC. The van der Waals surface area contributed by atoms with E-state index in [0.717, 1.165) is 4.31 Å². The summed E-state index contributed by atoms with van der Waals surface area (Å²) >= 11 is 0. The summed E-state index contributed by atoms with van der Waals surface area (Å²) in [4.78, 5) is 12.4. The highest BCUT2D eigenvalue weighted by Gasteiger charge is 2.25. The lowest BCUT2D eigenvalue weighted by atomic mass is 10.1. The molecular formula is C21H28N2O8S. The lowest BCUT2D eigenvalue weighted by Gasteiger charge is -2.19. The van der Waals surface area contributed by atoms with E-state index in [2.05, 4.69) is 5.32 Å². The number of ether oxygens (including phenoxy) is 5. The van der Waals surface area contributed by atoms with Crippen LogP contribution in [0.4, 0.5) is 0 Å². The van der Waals surface area contributed by atoms with Crippen LogP contribution >= 0.6 is 0 Å². The Kier molecular flexibility index (Phi) is 8.56. The number of methoxy groups -OCH3 is 5. The quantitative estimate of drug-likeness (QED) is 0.530. The number of benzene rings is 2. The number of amides is 1. The zero-order valence-electron chi connectivity index (χ0n) is 18.9. The average molecular weight is 469 g/mol. The number of carbonyl (C=O) groups excluding carboxylic acids is 1. The van der Waals surface area contributed by atoms with E-state index in [4.69, 9.17) is 23.7 Å². The molecule has 0 bridgehead atoms. The lowest BCUT2D eigenvalue weighted by molar-refractivity contribution is -0.121. The van der Waals surface area contributed by atoms with Crippen LogP contribution in [0.5, 0.6) is 28.7 Å². The normalized spacial score (nSPS) is 11.1. The number of rotatable bonds is 11. The third kappa shape index (κ3) is 5.35. The highest BCUT2D eigenvalue weighted by atomic mass is 32.2. The first kappa shape index (κ1) is 25.1. The molecule has 2 rings (SSSR count). The van der Waals surface area contributed by atoms with Gasteiger partial charge in [0.25, 0.3) is 0 Å². The molecule has 0 saturated heterocycles. The second-order valence-electron chi connectivity index (χ2n) is 6.55. The summed E-state index contributed by atoms with van der Waals surface area (Å²) in [5, 5.41) is 2.69. The zero-order chi connectivity index (χ0) is 23.9. The van der Waals surface area contributed by atoms with E-state index in [1.807, 2.05) is 0 Å². The molecule has 2 aromatic carbocycles. The van der Waals surface area contributed by atoms with Crippen molar-refractivity contribution in [2.24, 2.45) is 0 Å². The van der Waals surface area contributed by atoms with Gasteiger partial charge in [-0.3, -0.25) is 4.79 Å². The van der Waals surface area contributed by atoms with Crippen molar-refractivity contribution >= 4 is 15.9 Å². The maximum Gasteiger partial charge on any atom is 0.243 e. The molecule has 0 heterocycles. The van der Waals surface area contributed by atoms with Crippen molar-refractivity contribution in [3.05, 3.63) is 35.9 Å². The Bertz CT molecular complexity index is 1060. The maximum atomic E-state index is 12.9. The van der Waals surface area contributed by atoms with Crippen LogP contribution in [0.2, 0.25) is 0 Å². The van der Waals surface area contributed by atoms with Crippen LogP contribution in [-0.4, -0.2) is 67.8 Å².